The van der Waals surface area contributed by atoms with Crippen LogP contribution < -0.4 is 11.1 Å². The minimum absolute atomic E-state index is 0.0719. The van der Waals surface area contributed by atoms with E-state index in [1.165, 1.54) is 0 Å². The van der Waals surface area contributed by atoms with Gasteiger partial charge in [0.25, 0.3) is 0 Å². The number of amides is 1. The topological polar surface area (TPSA) is 55.1 Å². The molecule has 100 valence electrons. The third kappa shape index (κ3) is 4.88. The van der Waals surface area contributed by atoms with Gasteiger partial charge in [-0.2, -0.15) is 0 Å². The lowest BCUT2D eigenvalue weighted by molar-refractivity contribution is -0.124. The summed E-state index contributed by atoms with van der Waals surface area (Å²) in [5.74, 6) is -0.0719. The Balaban J connectivity index is 2.52. The molecule has 18 heavy (non-hydrogen) atoms. The lowest BCUT2D eigenvalue weighted by Crippen LogP contribution is -2.51. The van der Waals surface area contributed by atoms with Gasteiger partial charge in [0.2, 0.25) is 5.91 Å². The van der Waals surface area contributed by atoms with Crippen LogP contribution in [0, 0.1) is 0 Å². The van der Waals surface area contributed by atoms with Crippen LogP contribution in [-0.2, 0) is 11.2 Å². The van der Waals surface area contributed by atoms with E-state index in [4.69, 9.17) is 5.73 Å². The van der Waals surface area contributed by atoms with E-state index >= 15 is 0 Å². The Kier molecular flexibility index (Phi) is 5.35. The summed E-state index contributed by atoms with van der Waals surface area (Å²) in [6.07, 6.45) is 2.58. The second-order valence-corrected chi connectivity index (χ2v) is 5.42. The van der Waals surface area contributed by atoms with Crippen molar-refractivity contribution >= 4 is 5.91 Å². The Morgan fingerprint density at radius 2 is 1.94 bits per heavy atom. The zero-order valence-electron chi connectivity index (χ0n) is 11.6. The average Bonchev–Trinajstić information content (AvgIpc) is 2.29. The summed E-state index contributed by atoms with van der Waals surface area (Å²) in [4.78, 5) is 12.0. The highest BCUT2D eigenvalue weighted by Gasteiger charge is 2.22. The van der Waals surface area contributed by atoms with Crippen LogP contribution in [0.2, 0.25) is 0 Å². The molecule has 3 heteroatoms. The van der Waals surface area contributed by atoms with E-state index in [1.54, 1.807) is 0 Å². The summed E-state index contributed by atoms with van der Waals surface area (Å²) in [6.45, 7) is 6.17. The quantitative estimate of drug-likeness (QED) is 0.811. The first kappa shape index (κ1) is 14.7. The highest BCUT2D eigenvalue weighted by atomic mass is 16.2. The Bertz CT molecular complexity index is 373. The van der Waals surface area contributed by atoms with Crippen molar-refractivity contribution in [2.24, 2.45) is 5.73 Å². The Morgan fingerprint density at radius 3 is 2.50 bits per heavy atom. The normalized spacial score (nSPS) is 13.1. The van der Waals surface area contributed by atoms with E-state index in [1.807, 2.05) is 44.2 Å². The Labute approximate surface area is 110 Å². The number of nitrogens with one attached hydrogen (secondary N) is 1. The van der Waals surface area contributed by atoms with Crippen molar-refractivity contribution in [2.45, 2.75) is 51.6 Å². The summed E-state index contributed by atoms with van der Waals surface area (Å²) >= 11 is 0. The van der Waals surface area contributed by atoms with Crippen LogP contribution in [0.4, 0.5) is 0 Å². The first-order valence-corrected chi connectivity index (χ1v) is 6.56. The molecule has 0 aliphatic rings. The molecule has 0 spiro atoms. The van der Waals surface area contributed by atoms with E-state index in [0.717, 1.165) is 18.4 Å². The molecule has 3 N–H and O–H groups in total. The summed E-state index contributed by atoms with van der Waals surface area (Å²) in [5, 5.41) is 3.01. The van der Waals surface area contributed by atoms with Gasteiger partial charge in [-0.25, -0.2) is 0 Å². The van der Waals surface area contributed by atoms with E-state index < -0.39 is 6.04 Å². The van der Waals surface area contributed by atoms with Crippen molar-refractivity contribution < 1.29 is 4.79 Å². The zero-order chi connectivity index (χ0) is 13.6. The molecule has 0 saturated carbocycles. The van der Waals surface area contributed by atoms with Crippen LogP contribution in [-0.4, -0.2) is 17.5 Å². The van der Waals surface area contributed by atoms with Crippen molar-refractivity contribution in [3.05, 3.63) is 35.9 Å². The van der Waals surface area contributed by atoms with E-state index in [0.29, 0.717) is 6.42 Å². The molecule has 1 aromatic carbocycles. The molecule has 0 heterocycles. The van der Waals surface area contributed by atoms with Crippen LogP contribution in [0.15, 0.2) is 30.3 Å². The summed E-state index contributed by atoms with van der Waals surface area (Å²) in [5.41, 5.74) is 6.85. The molecule has 1 atom stereocenters. The van der Waals surface area contributed by atoms with Crippen LogP contribution in [0.3, 0.4) is 0 Å². The standard InChI is InChI=1S/C15H24N2O/c1-4-10-15(2,3)17-14(18)13(16)11-12-8-6-5-7-9-12/h5-9,13H,4,10-11,16H2,1-3H3,(H,17,18)/t13-/m1/s1. The number of nitrogens with two attached hydrogens (primary N) is 1. The van der Waals surface area contributed by atoms with Gasteiger partial charge in [-0.3, -0.25) is 4.79 Å². The van der Waals surface area contributed by atoms with E-state index in [-0.39, 0.29) is 11.4 Å². The molecular weight excluding hydrogens is 224 g/mol. The van der Waals surface area contributed by atoms with E-state index in [2.05, 4.69) is 12.2 Å². The lowest BCUT2D eigenvalue weighted by Gasteiger charge is -2.27. The third-order valence-electron chi connectivity index (χ3n) is 2.97. The summed E-state index contributed by atoms with van der Waals surface area (Å²) in [7, 11) is 0. The number of carbonyl (C=O) groups excluding carboxylic acids is 1. The fraction of sp³-hybridized carbons (Fsp3) is 0.533. The number of benzene rings is 1. The summed E-state index contributed by atoms with van der Waals surface area (Å²) < 4.78 is 0. The lowest BCUT2D eigenvalue weighted by atomic mass is 9.97. The van der Waals surface area contributed by atoms with Crippen molar-refractivity contribution in [1.82, 2.24) is 5.32 Å². The van der Waals surface area contributed by atoms with Gasteiger partial charge in [-0.1, -0.05) is 43.7 Å². The minimum atomic E-state index is -0.483. The van der Waals surface area contributed by atoms with Gasteiger partial charge in [0.05, 0.1) is 6.04 Å². The van der Waals surface area contributed by atoms with Crippen molar-refractivity contribution in [2.75, 3.05) is 0 Å². The fourth-order valence-corrected chi connectivity index (χ4v) is 2.07. The third-order valence-corrected chi connectivity index (χ3v) is 2.97. The number of rotatable bonds is 6. The monoisotopic (exact) mass is 248 g/mol. The van der Waals surface area contributed by atoms with Crippen molar-refractivity contribution in [3.8, 4) is 0 Å². The molecule has 0 saturated heterocycles. The highest BCUT2D eigenvalue weighted by Crippen LogP contribution is 2.11. The molecule has 0 radical (unpaired) electrons. The number of hydrogen-bond acceptors (Lipinski definition) is 2. The average molecular weight is 248 g/mol. The second kappa shape index (κ2) is 6.55. The van der Waals surface area contributed by atoms with Crippen LogP contribution >= 0.6 is 0 Å². The molecule has 0 unspecified atom stereocenters. The smallest absolute Gasteiger partial charge is 0.237 e. The van der Waals surface area contributed by atoms with Gasteiger partial charge in [-0.15, -0.1) is 0 Å². The molecule has 1 amide bonds. The minimum Gasteiger partial charge on any atom is -0.350 e. The zero-order valence-corrected chi connectivity index (χ0v) is 11.6. The maximum absolute atomic E-state index is 12.0. The van der Waals surface area contributed by atoms with Gasteiger partial charge in [0, 0.05) is 5.54 Å². The molecule has 1 aromatic rings. The van der Waals surface area contributed by atoms with Gasteiger partial charge < -0.3 is 11.1 Å². The fourth-order valence-electron chi connectivity index (χ4n) is 2.07. The van der Waals surface area contributed by atoms with Gasteiger partial charge in [-0.05, 0) is 32.3 Å². The van der Waals surface area contributed by atoms with Gasteiger partial charge in [0.15, 0.2) is 0 Å². The predicted octanol–water partition coefficient (Wildman–Crippen LogP) is 2.25. The van der Waals surface area contributed by atoms with Crippen LogP contribution in [0.1, 0.15) is 39.2 Å². The summed E-state index contributed by atoms with van der Waals surface area (Å²) in [6, 6.07) is 9.37. The van der Waals surface area contributed by atoms with Gasteiger partial charge in [0.1, 0.15) is 0 Å². The Hall–Kier alpha value is -1.35. The molecule has 0 aliphatic heterocycles. The van der Waals surface area contributed by atoms with Gasteiger partial charge >= 0.3 is 0 Å². The molecule has 1 rings (SSSR count). The predicted molar refractivity (Wildman–Crippen MR) is 75.3 cm³/mol. The first-order valence-electron chi connectivity index (χ1n) is 6.56. The van der Waals surface area contributed by atoms with Crippen LogP contribution in [0.25, 0.3) is 0 Å². The van der Waals surface area contributed by atoms with E-state index in [9.17, 15) is 4.79 Å². The SMILES string of the molecule is CCCC(C)(C)NC(=O)[C@H](N)Cc1ccccc1. The van der Waals surface area contributed by atoms with Crippen LogP contribution in [0.5, 0.6) is 0 Å². The molecule has 0 aromatic heterocycles. The molecule has 0 aliphatic carbocycles. The largest absolute Gasteiger partial charge is 0.350 e. The highest BCUT2D eigenvalue weighted by molar-refractivity contribution is 5.82. The molecule has 3 nitrogen and oxygen atoms in total. The first-order chi connectivity index (χ1) is 8.44. The Morgan fingerprint density at radius 1 is 1.33 bits per heavy atom. The van der Waals surface area contributed by atoms with Crippen molar-refractivity contribution in [1.29, 1.82) is 0 Å². The van der Waals surface area contributed by atoms with Crippen molar-refractivity contribution in [3.63, 3.8) is 0 Å². The molecular formula is C15H24N2O. The number of hydrogen-bond donors (Lipinski definition) is 2. The second-order valence-electron chi connectivity index (χ2n) is 5.42. The maximum atomic E-state index is 12.0. The molecule has 0 fully saturated rings. The molecule has 0 bridgehead atoms. The number of carbonyl (C=O) groups is 1. The maximum Gasteiger partial charge on any atom is 0.237 e.